The number of carbonyl (C=O) groups is 1. The van der Waals surface area contributed by atoms with Crippen molar-refractivity contribution in [2.75, 3.05) is 13.1 Å². The van der Waals surface area contributed by atoms with E-state index < -0.39 is 0 Å². The fraction of sp³-hybridized carbons (Fsp3) is 0.588. The molecule has 0 unspecified atom stereocenters. The zero-order valence-corrected chi connectivity index (χ0v) is 12.8. The van der Waals surface area contributed by atoms with Gasteiger partial charge in [0, 0.05) is 25.0 Å². The Morgan fingerprint density at radius 1 is 1.25 bits per heavy atom. The SMILES string of the molecule is Cc1ccccc1C1CC(NCCNC(=O)C(C)C)C1. The number of hydrogen-bond acceptors (Lipinski definition) is 2. The van der Waals surface area contributed by atoms with E-state index in [2.05, 4.69) is 41.8 Å². The van der Waals surface area contributed by atoms with E-state index in [0.717, 1.165) is 13.1 Å². The normalized spacial score (nSPS) is 21.6. The summed E-state index contributed by atoms with van der Waals surface area (Å²) in [5, 5.41) is 6.45. The smallest absolute Gasteiger partial charge is 0.222 e. The summed E-state index contributed by atoms with van der Waals surface area (Å²) in [6.45, 7) is 7.62. The summed E-state index contributed by atoms with van der Waals surface area (Å²) in [7, 11) is 0. The van der Waals surface area contributed by atoms with Gasteiger partial charge in [-0.2, -0.15) is 0 Å². The molecule has 1 aliphatic rings. The summed E-state index contributed by atoms with van der Waals surface area (Å²) in [6.07, 6.45) is 2.42. The predicted octanol–water partition coefficient (Wildman–Crippen LogP) is 2.60. The lowest BCUT2D eigenvalue weighted by Crippen LogP contribution is -2.44. The molecule has 0 spiro atoms. The number of nitrogens with one attached hydrogen (secondary N) is 2. The van der Waals surface area contributed by atoms with Crippen LogP contribution in [0.2, 0.25) is 0 Å². The van der Waals surface area contributed by atoms with E-state index in [9.17, 15) is 4.79 Å². The van der Waals surface area contributed by atoms with Crippen LogP contribution in [0.15, 0.2) is 24.3 Å². The molecule has 0 saturated heterocycles. The van der Waals surface area contributed by atoms with Crippen LogP contribution in [0.25, 0.3) is 0 Å². The van der Waals surface area contributed by atoms with Crippen molar-refractivity contribution in [1.29, 1.82) is 0 Å². The molecule has 1 saturated carbocycles. The minimum absolute atomic E-state index is 0.0733. The van der Waals surface area contributed by atoms with E-state index in [-0.39, 0.29) is 11.8 Å². The Kier molecular flexibility index (Phi) is 5.18. The quantitative estimate of drug-likeness (QED) is 0.783. The molecule has 1 aliphatic carbocycles. The predicted molar refractivity (Wildman–Crippen MR) is 82.8 cm³/mol. The average molecular weight is 274 g/mol. The van der Waals surface area contributed by atoms with Gasteiger partial charge in [0.1, 0.15) is 0 Å². The van der Waals surface area contributed by atoms with Gasteiger partial charge in [0.05, 0.1) is 0 Å². The monoisotopic (exact) mass is 274 g/mol. The van der Waals surface area contributed by atoms with Gasteiger partial charge in [-0.25, -0.2) is 0 Å². The third-order valence-corrected chi connectivity index (χ3v) is 4.15. The van der Waals surface area contributed by atoms with Crippen molar-refractivity contribution in [1.82, 2.24) is 10.6 Å². The number of aryl methyl sites for hydroxylation is 1. The highest BCUT2D eigenvalue weighted by atomic mass is 16.1. The molecule has 0 aromatic heterocycles. The summed E-state index contributed by atoms with van der Waals surface area (Å²) < 4.78 is 0. The molecular weight excluding hydrogens is 248 g/mol. The molecule has 20 heavy (non-hydrogen) atoms. The maximum absolute atomic E-state index is 11.4. The third kappa shape index (κ3) is 3.83. The van der Waals surface area contributed by atoms with Crippen molar-refractivity contribution >= 4 is 5.91 Å². The Morgan fingerprint density at radius 2 is 1.95 bits per heavy atom. The summed E-state index contributed by atoms with van der Waals surface area (Å²) in [5.74, 6) is 0.918. The van der Waals surface area contributed by atoms with Crippen LogP contribution < -0.4 is 10.6 Å². The lowest BCUT2D eigenvalue weighted by atomic mass is 9.74. The van der Waals surface area contributed by atoms with Crippen LogP contribution >= 0.6 is 0 Å². The highest BCUT2D eigenvalue weighted by Gasteiger charge is 2.30. The van der Waals surface area contributed by atoms with Crippen molar-refractivity contribution in [3.8, 4) is 0 Å². The zero-order chi connectivity index (χ0) is 14.5. The molecule has 0 heterocycles. The van der Waals surface area contributed by atoms with Crippen LogP contribution in [0.1, 0.15) is 43.7 Å². The second-order valence-electron chi connectivity index (χ2n) is 6.12. The number of amides is 1. The number of carbonyl (C=O) groups excluding carboxylic acids is 1. The van der Waals surface area contributed by atoms with E-state index in [1.54, 1.807) is 0 Å². The fourth-order valence-corrected chi connectivity index (χ4v) is 2.75. The minimum atomic E-state index is 0.0733. The lowest BCUT2D eigenvalue weighted by Gasteiger charge is -2.37. The molecule has 2 N–H and O–H groups in total. The van der Waals surface area contributed by atoms with Gasteiger partial charge in [0.2, 0.25) is 5.91 Å². The molecule has 3 nitrogen and oxygen atoms in total. The maximum atomic E-state index is 11.4. The Bertz CT molecular complexity index is 450. The highest BCUT2D eigenvalue weighted by molar-refractivity contribution is 5.77. The van der Waals surface area contributed by atoms with Crippen molar-refractivity contribution in [2.45, 2.75) is 45.6 Å². The Balaban J connectivity index is 1.63. The molecule has 1 aromatic carbocycles. The first kappa shape index (κ1) is 15.0. The van der Waals surface area contributed by atoms with E-state index in [1.807, 2.05) is 13.8 Å². The van der Waals surface area contributed by atoms with Crippen LogP contribution in [0.5, 0.6) is 0 Å². The first-order valence-corrected chi connectivity index (χ1v) is 7.64. The molecule has 1 amide bonds. The first-order chi connectivity index (χ1) is 9.58. The van der Waals surface area contributed by atoms with Crippen molar-refractivity contribution < 1.29 is 4.79 Å². The van der Waals surface area contributed by atoms with E-state index in [4.69, 9.17) is 0 Å². The summed E-state index contributed by atoms with van der Waals surface area (Å²) >= 11 is 0. The van der Waals surface area contributed by atoms with Crippen LogP contribution in [0.4, 0.5) is 0 Å². The minimum Gasteiger partial charge on any atom is -0.355 e. The molecule has 0 aliphatic heterocycles. The highest BCUT2D eigenvalue weighted by Crippen LogP contribution is 2.38. The summed E-state index contributed by atoms with van der Waals surface area (Å²) in [6, 6.07) is 9.28. The Morgan fingerprint density at radius 3 is 2.60 bits per heavy atom. The summed E-state index contributed by atoms with van der Waals surface area (Å²) in [5.41, 5.74) is 2.90. The van der Waals surface area contributed by atoms with Gasteiger partial charge < -0.3 is 10.6 Å². The Hall–Kier alpha value is -1.35. The van der Waals surface area contributed by atoms with Crippen molar-refractivity contribution in [3.63, 3.8) is 0 Å². The van der Waals surface area contributed by atoms with Crippen molar-refractivity contribution in [3.05, 3.63) is 35.4 Å². The van der Waals surface area contributed by atoms with Gasteiger partial charge in [-0.15, -0.1) is 0 Å². The standard InChI is InChI=1S/C17H26N2O/c1-12(2)17(20)19-9-8-18-15-10-14(11-15)16-7-5-4-6-13(16)3/h4-7,12,14-15,18H,8-11H2,1-3H3,(H,19,20). The molecule has 1 aromatic rings. The fourth-order valence-electron chi connectivity index (χ4n) is 2.75. The largest absolute Gasteiger partial charge is 0.355 e. The van der Waals surface area contributed by atoms with Gasteiger partial charge in [-0.3, -0.25) is 4.79 Å². The average Bonchev–Trinajstić information content (AvgIpc) is 2.37. The second-order valence-corrected chi connectivity index (χ2v) is 6.12. The zero-order valence-electron chi connectivity index (χ0n) is 12.8. The summed E-state index contributed by atoms with van der Waals surface area (Å²) in [4.78, 5) is 11.4. The van der Waals surface area contributed by atoms with Crippen LogP contribution in [0.3, 0.4) is 0 Å². The lowest BCUT2D eigenvalue weighted by molar-refractivity contribution is -0.123. The molecule has 0 radical (unpaired) electrons. The van der Waals surface area contributed by atoms with E-state index in [1.165, 1.54) is 24.0 Å². The molecular formula is C17H26N2O. The van der Waals surface area contributed by atoms with E-state index in [0.29, 0.717) is 12.0 Å². The van der Waals surface area contributed by atoms with Gasteiger partial charge in [0.25, 0.3) is 0 Å². The third-order valence-electron chi connectivity index (χ3n) is 4.15. The van der Waals surface area contributed by atoms with Crippen LogP contribution in [-0.4, -0.2) is 25.0 Å². The number of benzene rings is 1. The van der Waals surface area contributed by atoms with E-state index >= 15 is 0 Å². The maximum Gasteiger partial charge on any atom is 0.222 e. The van der Waals surface area contributed by atoms with Crippen molar-refractivity contribution in [2.24, 2.45) is 5.92 Å². The first-order valence-electron chi connectivity index (χ1n) is 7.64. The van der Waals surface area contributed by atoms with Gasteiger partial charge in [-0.1, -0.05) is 38.1 Å². The van der Waals surface area contributed by atoms with Crippen LogP contribution in [-0.2, 0) is 4.79 Å². The van der Waals surface area contributed by atoms with Crippen LogP contribution in [0, 0.1) is 12.8 Å². The molecule has 0 atom stereocenters. The second kappa shape index (κ2) is 6.89. The topological polar surface area (TPSA) is 41.1 Å². The number of hydrogen-bond donors (Lipinski definition) is 2. The Labute approximate surface area is 122 Å². The molecule has 1 fully saturated rings. The van der Waals surface area contributed by atoms with Gasteiger partial charge in [-0.05, 0) is 36.8 Å². The molecule has 110 valence electrons. The number of rotatable bonds is 6. The molecule has 2 rings (SSSR count). The van der Waals surface area contributed by atoms with Gasteiger partial charge >= 0.3 is 0 Å². The molecule has 3 heteroatoms. The molecule has 0 bridgehead atoms. The van der Waals surface area contributed by atoms with Gasteiger partial charge in [0.15, 0.2) is 0 Å².